The predicted octanol–water partition coefficient (Wildman–Crippen LogP) is 2.15. The summed E-state index contributed by atoms with van der Waals surface area (Å²) in [6.45, 7) is 2.37. The first-order valence-corrected chi connectivity index (χ1v) is 7.60. The van der Waals surface area contributed by atoms with Crippen molar-refractivity contribution in [2.45, 2.75) is 39.0 Å². The predicted molar refractivity (Wildman–Crippen MR) is 75.0 cm³/mol. The number of rotatable bonds is 3. The van der Waals surface area contributed by atoms with Crippen LogP contribution in [0.4, 0.5) is 0 Å². The Kier molecular flexibility index (Phi) is 4.40. The summed E-state index contributed by atoms with van der Waals surface area (Å²) in [5.41, 5.74) is 0. The zero-order valence-corrected chi connectivity index (χ0v) is 12.7. The molecular formula is C13H18INO3. The van der Waals surface area contributed by atoms with Crippen molar-refractivity contribution < 1.29 is 14.4 Å². The first-order chi connectivity index (χ1) is 8.49. The number of likely N-dealkylation sites (tertiary alicyclic amines) is 1. The molecule has 2 rings (SSSR count). The number of carbonyl (C=O) groups is 3. The molecule has 1 heterocycles. The molecule has 4 nitrogen and oxygen atoms in total. The van der Waals surface area contributed by atoms with Gasteiger partial charge in [0.15, 0.2) is 3.79 Å². The average Bonchev–Trinajstić information content (AvgIpc) is 2.57. The van der Waals surface area contributed by atoms with Crippen LogP contribution in [0.15, 0.2) is 0 Å². The smallest absolute Gasteiger partial charge is 0.232 e. The van der Waals surface area contributed by atoms with Crippen molar-refractivity contribution in [1.29, 1.82) is 0 Å². The van der Waals surface area contributed by atoms with Crippen molar-refractivity contribution in [3.05, 3.63) is 0 Å². The van der Waals surface area contributed by atoms with Gasteiger partial charge in [0.2, 0.25) is 11.8 Å². The summed E-state index contributed by atoms with van der Waals surface area (Å²) < 4.78 is 0.244. The Morgan fingerprint density at radius 2 is 1.89 bits per heavy atom. The molecule has 0 aromatic heterocycles. The molecule has 2 aliphatic rings. The zero-order chi connectivity index (χ0) is 13.3. The normalized spacial score (nSPS) is 33.0. The van der Waals surface area contributed by atoms with Crippen LogP contribution in [0.5, 0.6) is 0 Å². The molecule has 0 bridgehead atoms. The van der Waals surface area contributed by atoms with Crippen molar-refractivity contribution in [1.82, 2.24) is 4.90 Å². The van der Waals surface area contributed by atoms with Crippen LogP contribution in [0.25, 0.3) is 0 Å². The minimum absolute atomic E-state index is 0.0212. The van der Waals surface area contributed by atoms with Gasteiger partial charge in [-0.2, -0.15) is 0 Å². The third kappa shape index (κ3) is 2.92. The molecule has 18 heavy (non-hydrogen) atoms. The van der Waals surface area contributed by atoms with Gasteiger partial charge in [-0.15, -0.1) is 0 Å². The summed E-state index contributed by atoms with van der Waals surface area (Å²) in [5.74, 6) is 0.373. The molecule has 0 N–H and O–H groups in total. The molecule has 1 aliphatic carbocycles. The van der Waals surface area contributed by atoms with E-state index in [1.54, 1.807) is 0 Å². The van der Waals surface area contributed by atoms with E-state index in [0.29, 0.717) is 18.9 Å². The highest BCUT2D eigenvalue weighted by atomic mass is 127. The van der Waals surface area contributed by atoms with Gasteiger partial charge in [-0.3, -0.25) is 19.3 Å². The third-order valence-corrected chi connectivity index (χ3v) is 4.96. The van der Waals surface area contributed by atoms with Crippen molar-refractivity contribution in [2.75, 3.05) is 6.54 Å². The second-order valence-electron chi connectivity index (χ2n) is 5.47. The highest BCUT2D eigenvalue weighted by Crippen LogP contribution is 2.32. The number of nitrogens with zero attached hydrogens (tertiary/aromatic N) is 1. The minimum Gasteiger partial charge on any atom is -0.287 e. The maximum absolute atomic E-state index is 11.8. The van der Waals surface area contributed by atoms with E-state index in [1.165, 1.54) is 4.90 Å². The van der Waals surface area contributed by atoms with E-state index in [4.69, 9.17) is 0 Å². The Bertz CT molecular complexity index is 374. The number of hydrogen-bond donors (Lipinski definition) is 0. The van der Waals surface area contributed by atoms with Crippen LogP contribution in [0.1, 0.15) is 39.0 Å². The molecule has 0 aromatic rings. The third-order valence-electron chi connectivity index (χ3n) is 4.08. The molecular weight excluding hydrogens is 345 g/mol. The lowest BCUT2D eigenvalue weighted by molar-refractivity contribution is -0.140. The Labute approximate surface area is 121 Å². The molecule has 2 amide bonds. The highest BCUT2D eigenvalue weighted by Gasteiger charge is 2.37. The van der Waals surface area contributed by atoms with Gasteiger partial charge in [0.1, 0.15) is 0 Å². The molecule has 0 radical (unpaired) electrons. The van der Waals surface area contributed by atoms with E-state index in [1.807, 2.05) is 29.5 Å². The lowest BCUT2D eigenvalue weighted by Gasteiger charge is -2.29. The van der Waals surface area contributed by atoms with E-state index < -0.39 is 0 Å². The quantitative estimate of drug-likeness (QED) is 0.439. The molecule has 2 fully saturated rings. The van der Waals surface area contributed by atoms with Gasteiger partial charge in [-0.1, -0.05) is 6.92 Å². The van der Waals surface area contributed by atoms with Gasteiger partial charge >= 0.3 is 0 Å². The van der Waals surface area contributed by atoms with Gasteiger partial charge < -0.3 is 0 Å². The summed E-state index contributed by atoms with van der Waals surface area (Å²) in [5, 5.41) is 0. The molecule has 1 unspecified atom stereocenters. The van der Waals surface area contributed by atoms with Gasteiger partial charge in [0.25, 0.3) is 0 Å². The first-order valence-electron chi connectivity index (χ1n) is 6.52. The van der Waals surface area contributed by atoms with Gasteiger partial charge in [-0.25, -0.2) is 0 Å². The van der Waals surface area contributed by atoms with Crippen LogP contribution in [-0.2, 0) is 14.4 Å². The zero-order valence-electron chi connectivity index (χ0n) is 10.5. The second-order valence-corrected chi connectivity index (χ2v) is 6.53. The monoisotopic (exact) mass is 363 g/mol. The van der Waals surface area contributed by atoms with Crippen molar-refractivity contribution >= 4 is 38.2 Å². The maximum Gasteiger partial charge on any atom is 0.232 e. The summed E-state index contributed by atoms with van der Waals surface area (Å²) in [4.78, 5) is 36.2. The number of halogens is 1. The number of amides is 2. The summed E-state index contributed by atoms with van der Waals surface area (Å²) >= 11 is 1.87. The Morgan fingerprint density at radius 1 is 1.28 bits per heavy atom. The van der Waals surface area contributed by atoms with Gasteiger partial charge in [0, 0.05) is 24.8 Å². The van der Waals surface area contributed by atoms with E-state index in [0.717, 1.165) is 25.7 Å². The van der Waals surface area contributed by atoms with Gasteiger partial charge in [-0.05, 0) is 54.2 Å². The standard InChI is InChI=1S/C13H18INO3/c1-8-6-11(16)15(13(8)18)7-9-2-4-10(5-3-9)12(14)17/h8-10H,2-7H2,1H3. The van der Waals surface area contributed by atoms with Crippen LogP contribution >= 0.6 is 22.6 Å². The Hall–Kier alpha value is -0.460. The Morgan fingerprint density at radius 3 is 2.33 bits per heavy atom. The lowest BCUT2D eigenvalue weighted by atomic mass is 9.82. The topological polar surface area (TPSA) is 54.5 Å². The fourth-order valence-corrected chi connectivity index (χ4v) is 3.49. The van der Waals surface area contributed by atoms with Crippen LogP contribution in [0.2, 0.25) is 0 Å². The van der Waals surface area contributed by atoms with Crippen LogP contribution in [0.3, 0.4) is 0 Å². The molecule has 1 aliphatic heterocycles. The van der Waals surface area contributed by atoms with E-state index in [2.05, 4.69) is 0 Å². The maximum atomic E-state index is 11.8. The molecule has 1 atom stereocenters. The van der Waals surface area contributed by atoms with Crippen LogP contribution in [0, 0.1) is 17.8 Å². The SMILES string of the molecule is CC1CC(=O)N(CC2CCC(C(=O)I)CC2)C1=O. The number of imide groups is 1. The molecule has 1 saturated carbocycles. The number of hydrogen-bond acceptors (Lipinski definition) is 3. The van der Waals surface area contributed by atoms with E-state index in [-0.39, 0.29) is 27.4 Å². The molecule has 0 spiro atoms. The van der Waals surface area contributed by atoms with E-state index in [9.17, 15) is 14.4 Å². The molecule has 0 aromatic carbocycles. The fourth-order valence-electron chi connectivity index (χ4n) is 2.87. The lowest BCUT2D eigenvalue weighted by Crippen LogP contribution is -2.36. The Balaban J connectivity index is 1.87. The summed E-state index contributed by atoms with van der Waals surface area (Å²) in [6, 6.07) is 0. The fraction of sp³-hybridized carbons (Fsp3) is 0.769. The summed E-state index contributed by atoms with van der Waals surface area (Å²) in [7, 11) is 0. The largest absolute Gasteiger partial charge is 0.287 e. The van der Waals surface area contributed by atoms with Gasteiger partial charge in [0.05, 0.1) is 0 Å². The highest BCUT2D eigenvalue weighted by molar-refractivity contribution is 14.1. The van der Waals surface area contributed by atoms with Crippen LogP contribution in [-0.4, -0.2) is 27.0 Å². The molecule has 1 saturated heterocycles. The van der Waals surface area contributed by atoms with Crippen molar-refractivity contribution in [3.8, 4) is 0 Å². The summed E-state index contributed by atoms with van der Waals surface area (Å²) in [6.07, 6.45) is 4.06. The average molecular weight is 363 g/mol. The molecule has 100 valence electrons. The first kappa shape index (κ1) is 14.0. The van der Waals surface area contributed by atoms with E-state index >= 15 is 0 Å². The van der Waals surface area contributed by atoms with Crippen LogP contribution < -0.4 is 0 Å². The molecule has 5 heteroatoms. The number of carbonyl (C=O) groups excluding carboxylic acids is 3. The van der Waals surface area contributed by atoms with Crippen molar-refractivity contribution in [2.24, 2.45) is 17.8 Å². The van der Waals surface area contributed by atoms with Crippen molar-refractivity contribution in [3.63, 3.8) is 0 Å². The minimum atomic E-state index is -0.148. The second kappa shape index (κ2) is 5.67.